The van der Waals surface area contributed by atoms with E-state index in [1.807, 2.05) is 0 Å². The molecule has 4 aromatic carbocycles. The van der Waals surface area contributed by atoms with Crippen molar-refractivity contribution in [3.8, 4) is 5.75 Å². The van der Waals surface area contributed by atoms with Crippen LogP contribution in [-0.4, -0.2) is 163 Å². The van der Waals surface area contributed by atoms with Crippen molar-refractivity contribution in [2.45, 2.75) is 146 Å². The summed E-state index contributed by atoms with van der Waals surface area (Å²) in [4.78, 5) is 183. The minimum absolute atomic E-state index is 0.0189. The number of amides is 10. The molecular formula is C70H80F2N14O14. The molecule has 0 spiro atoms. The third kappa shape index (κ3) is 19.3. The van der Waals surface area contributed by atoms with E-state index in [9.17, 15) is 52.2 Å². The van der Waals surface area contributed by atoms with Gasteiger partial charge in [-0.15, -0.1) is 0 Å². The second-order valence-corrected chi connectivity index (χ2v) is 25.3. The number of ether oxygens (including phenoxy) is 1. The molecule has 100 heavy (non-hydrogen) atoms. The van der Waals surface area contributed by atoms with E-state index < -0.39 is 144 Å². The summed E-state index contributed by atoms with van der Waals surface area (Å²) in [5.74, 6) is -12.9. The highest BCUT2D eigenvalue weighted by atomic mass is 19.1. The maximum atomic E-state index is 15.2. The standard InChI is InChI=1S/C70H80F2N14O14/c1-38-64(94)81-53(26-44-34-76-52-20-16-46(72)29-50(44)52)58(87)27-42(25-43-33-75-51-19-15-45(71)28-49(43)51)65(95)82-55(31-62(91)92)67(97)83-54(30-47-35-74-37-79-47)66(96)84-56(23-39-13-17-48(100-3)18-14-39)68(98)86-22-6-21-70(86,2)69(99)85-57(63(73)93)36-78-61(90)24-40-9-11-41(12-10-40)32-77-59(88)7-4-5-8-60(89)80-38/h9-20,28-29,33-35,37-38,42,53-57,75-76H,4-8,21-27,30-32,36H2,1-3H3,(H2,73,93)(H,74,79)(H,77,88)(H,78,90)(H,80,89)(H,81,94)(H,82,95)(H,83,97)(H,84,96)(H,85,99)(H,91,92)/t38-,42-,53+,54+,55+,56+,57+,70+/m1/s1. The van der Waals surface area contributed by atoms with Gasteiger partial charge >= 0.3 is 5.97 Å². The number of aromatic nitrogens is 4. The zero-order valence-corrected chi connectivity index (χ0v) is 55.2. The Morgan fingerprint density at radius 2 is 1.26 bits per heavy atom. The number of imidazole rings is 1. The molecule has 2 bridgehead atoms. The van der Waals surface area contributed by atoms with Gasteiger partial charge in [-0.3, -0.25) is 57.5 Å². The SMILES string of the molecule is COc1ccc(C[C@@H]2NC(=O)[C@H](Cc3cnc[nH]3)NC(=O)[C@H](CC(=O)O)NC(=O)[C@H](Cc3c[nH]c4ccc(F)cc34)CC(=O)[C@H](Cc3c[nH]c4ccc(F)cc34)NC(=O)[C@@H](C)NC(=O)CCCCC(=O)NCc3ccc(cc3)CC(=O)NC[C@@H](C(N)=O)NC(=O)[C@]3(C)CCCN3C2=O)cc1. The van der Waals surface area contributed by atoms with Crippen molar-refractivity contribution in [1.29, 1.82) is 0 Å². The van der Waals surface area contributed by atoms with E-state index in [0.29, 0.717) is 55.4 Å². The molecule has 3 aliphatic rings. The van der Waals surface area contributed by atoms with E-state index in [1.54, 1.807) is 48.5 Å². The minimum Gasteiger partial charge on any atom is -0.497 e. The number of carboxylic acids is 1. The highest BCUT2D eigenvalue weighted by molar-refractivity contribution is 6.00. The summed E-state index contributed by atoms with van der Waals surface area (Å²) in [7, 11) is 1.45. The topological polar surface area (TPSA) is 420 Å². The number of primary amides is 1. The first-order chi connectivity index (χ1) is 47.8. The Kier molecular flexibility index (Phi) is 24.3. The summed E-state index contributed by atoms with van der Waals surface area (Å²) >= 11 is 0. The van der Waals surface area contributed by atoms with E-state index in [-0.39, 0.29) is 95.3 Å². The fourth-order valence-electron chi connectivity index (χ4n) is 12.3. The van der Waals surface area contributed by atoms with Crippen LogP contribution in [0.15, 0.2) is 110 Å². The third-order valence-electron chi connectivity index (χ3n) is 18.0. The lowest BCUT2D eigenvalue weighted by Gasteiger charge is -2.37. The van der Waals surface area contributed by atoms with Gasteiger partial charge in [0.2, 0.25) is 59.1 Å². The zero-order chi connectivity index (χ0) is 71.8. The lowest BCUT2D eigenvalue weighted by Crippen LogP contribution is -2.64. The molecule has 1 saturated heterocycles. The number of aromatic amines is 3. The van der Waals surface area contributed by atoms with Gasteiger partial charge in [-0.1, -0.05) is 36.4 Å². The van der Waals surface area contributed by atoms with Crippen LogP contribution in [0.5, 0.6) is 5.75 Å². The number of carbonyl (C=O) groups excluding carboxylic acids is 11. The molecule has 30 heteroatoms. The number of nitrogens with one attached hydrogen (secondary N) is 11. The average Bonchev–Trinajstić information content (AvgIpc) is 1.58. The van der Waals surface area contributed by atoms with Crippen LogP contribution in [0.2, 0.25) is 0 Å². The largest absolute Gasteiger partial charge is 0.497 e. The number of Topliss-reactive ketones (excluding diaryl/α,β-unsaturated/α-hetero) is 1. The molecule has 3 aliphatic heterocycles. The molecule has 528 valence electrons. The summed E-state index contributed by atoms with van der Waals surface area (Å²) in [5, 5.41) is 32.1. The fourth-order valence-corrected chi connectivity index (χ4v) is 12.3. The maximum absolute atomic E-state index is 15.2. The number of carbonyl (C=O) groups is 12. The number of carboxylic acid groups (broad SMARTS) is 1. The van der Waals surface area contributed by atoms with Gasteiger partial charge in [0.05, 0.1) is 32.3 Å². The minimum atomic E-state index is -2.01. The van der Waals surface area contributed by atoms with Crippen LogP contribution in [0.25, 0.3) is 21.8 Å². The molecule has 0 radical (unpaired) electrons. The van der Waals surface area contributed by atoms with E-state index in [2.05, 4.69) is 62.5 Å². The number of nitrogens with zero attached hydrogens (tertiary/aromatic N) is 2. The molecule has 0 unspecified atom stereocenters. The predicted molar refractivity (Wildman–Crippen MR) is 358 cm³/mol. The Hall–Kier alpha value is -11.3. The number of fused-ring (bicyclic) bond motifs is 35. The number of methoxy groups -OCH3 is 1. The van der Waals surface area contributed by atoms with Crippen LogP contribution in [0, 0.1) is 17.6 Å². The molecule has 0 saturated carbocycles. The molecule has 14 N–H and O–H groups in total. The number of rotatable bonds is 12. The van der Waals surface area contributed by atoms with Crippen LogP contribution in [-0.2, 0) is 96.2 Å². The van der Waals surface area contributed by atoms with Crippen molar-refractivity contribution in [2.75, 3.05) is 20.2 Å². The summed E-state index contributed by atoms with van der Waals surface area (Å²) in [6, 6.07) is 11.6. The third-order valence-corrected chi connectivity index (χ3v) is 18.0. The molecule has 1 fully saturated rings. The van der Waals surface area contributed by atoms with Crippen LogP contribution in [0.1, 0.15) is 98.7 Å². The molecule has 8 atom stereocenters. The van der Waals surface area contributed by atoms with Gasteiger partial charge < -0.3 is 78.0 Å². The van der Waals surface area contributed by atoms with Gasteiger partial charge in [0, 0.05) is 110 Å². The summed E-state index contributed by atoms with van der Waals surface area (Å²) in [5.41, 5.74) is 7.72. The molecule has 28 nitrogen and oxygen atoms in total. The average molecular weight is 1380 g/mol. The monoisotopic (exact) mass is 1380 g/mol. The molecule has 6 heterocycles. The lowest BCUT2D eigenvalue weighted by molar-refractivity contribution is -0.147. The second-order valence-electron chi connectivity index (χ2n) is 25.3. The van der Waals surface area contributed by atoms with Gasteiger partial charge in [-0.05, 0) is 122 Å². The number of hydrogen-bond acceptors (Lipinski definition) is 14. The quantitative estimate of drug-likeness (QED) is 0.0781. The number of H-pyrrole nitrogens is 3. The van der Waals surface area contributed by atoms with Crippen molar-refractivity contribution >= 4 is 92.6 Å². The van der Waals surface area contributed by atoms with E-state index in [0.717, 1.165) is 0 Å². The van der Waals surface area contributed by atoms with Gasteiger partial charge in [-0.2, -0.15) is 0 Å². The van der Waals surface area contributed by atoms with E-state index >= 15 is 19.2 Å². The normalized spacial score (nSPS) is 22.9. The first kappa shape index (κ1) is 72.9. The maximum Gasteiger partial charge on any atom is 0.305 e. The number of nitrogens with two attached hydrogens (primary N) is 1. The molecule has 10 rings (SSSR count). The summed E-state index contributed by atoms with van der Waals surface area (Å²) < 4.78 is 35.1. The second kappa shape index (κ2) is 33.3. The Bertz CT molecular complexity index is 4180. The molecular weight excluding hydrogens is 1300 g/mol. The fraction of sp³-hybridized carbons (Fsp3) is 0.386. The van der Waals surface area contributed by atoms with E-state index in [1.165, 1.54) is 87.2 Å². The number of benzene rings is 4. The lowest BCUT2D eigenvalue weighted by atomic mass is 9.89. The predicted octanol–water partition coefficient (Wildman–Crippen LogP) is 2.32. The van der Waals surface area contributed by atoms with Crippen LogP contribution in [0.3, 0.4) is 0 Å². The van der Waals surface area contributed by atoms with Crippen molar-refractivity contribution in [3.05, 3.63) is 155 Å². The Morgan fingerprint density at radius 3 is 1.89 bits per heavy atom. The highest BCUT2D eigenvalue weighted by Gasteiger charge is 2.49. The first-order valence-corrected chi connectivity index (χ1v) is 32.7. The van der Waals surface area contributed by atoms with Crippen molar-refractivity contribution < 1.29 is 76.2 Å². The molecule has 10 amide bonds. The van der Waals surface area contributed by atoms with Gasteiger partial charge in [0.15, 0.2) is 5.78 Å². The number of aliphatic carboxylic acids is 1. The number of hydrogen-bond donors (Lipinski definition) is 13. The molecule has 3 aromatic heterocycles. The first-order valence-electron chi connectivity index (χ1n) is 32.7. The number of halogens is 2. The smallest absolute Gasteiger partial charge is 0.305 e. The van der Waals surface area contributed by atoms with Gasteiger partial charge in [0.1, 0.15) is 53.1 Å². The van der Waals surface area contributed by atoms with Crippen LogP contribution in [0.4, 0.5) is 8.78 Å². The van der Waals surface area contributed by atoms with Crippen molar-refractivity contribution in [2.24, 2.45) is 11.7 Å². The summed E-state index contributed by atoms with van der Waals surface area (Å²) in [6.45, 7) is 2.53. The van der Waals surface area contributed by atoms with Crippen LogP contribution < -0.4 is 53.0 Å². The van der Waals surface area contributed by atoms with Gasteiger partial charge in [0.25, 0.3) is 0 Å². The zero-order valence-electron chi connectivity index (χ0n) is 55.2. The highest BCUT2D eigenvalue weighted by Crippen LogP contribution is 2.32. The molecule has 7 aromatic rings. The molecule has 0 aliphatic carbocycles. The number of ketones is 1. The summed E-state index contributed by atoms with van der Waals surface area (Å²) in [6.07, 6.45) is 3.19. The Morgan fingerprint density at radius 1 is 0.650 bits per heavy atom. The van der Waals surface area contributed by atoms with Crippen molar-refractivity contribution in [3.63, 3.8) is 0 Å². The Labute approximate surface area is 572 Å². The van der Waals surface area contributed by atoms with Crippen LogP contribution >= 0.6 is 0 Å². The van der Waals surface area contributed by atoms with Crippen molar-refractivity contribution in [1.82, 2.24) is 67.4 Å². The van der Waals surface area contributed by atoms with E-state index in [4.69, 9.17) is 10.5 Å². The van der Waals surface area contributed by atoms with Gasteiger partial charge in [-0.25, -0.2) is 13.8 Å². The Balaban J connectivity index is 1.05.